The maximum atomic E-state index is 13.3. The highest BCUT2D eigenvalue weighted by atomic mass is 32.2. The molecule has 0 aliphatic carbocycles. The van der Waals surface area contributed by atoms with Crippen LogP contribution in [0.15, 0.2) is 89.8 Å². The number of rotatable bonds is 8. The van der Waals surface area contributed by atoms with E-state index in [4.69, 9.17) is 0 Å². The van der Waals surface area contributed by atoms with E-state index in [-0.39, 0.29) is 23.4 Å². The van der Waals surface area contributed by atoms with Crippen LogP contribution in [0.1, 0.15) is 30.5 Å². The standard InChI is InChI=1S/C24H26N2O3S/c1-3-23(20-16-14-19(2)15-17-20)25-24(27)18-26(21-10-6-4-7-11-21)30(28,29)22-12-8-5-9-13-22/h4-17,23H,3,18H2,1-2H3,(H,25,27)/t23-/m0/s1. The van der Waals surface area contributed by atoms with Crippen molar-refractivity contribution in [2.45, 2.75) is 31.2 Å². The van der Waals surface area contributed by atoms with Gasteiger partial charge in [0, 0.05) is 0 Å². The molecular formula is C24H26N2O3S. The molecule has 30 heavy (non-hydrogen) atoms. The fourth-order valence-corrected chi connectivity index (χ4v) is 4.66. The highest BCUT2D eigenvalue weighted by molar-refractivity contribution is 7.92. The summed E-state index contributed by atoms with van der Waals surface area (Å²) < 4.78 is 27.7. The molecule has 3 aromatic carbocycles. The second kappa shape index (κ2) is 9.59. The zero-order valence-electron chi connectivity index (χ0n) is 17.2. The summed E-state index contributed by atoms with van der Waals surface area (Å²) >= 11 is 0. The second-order valence-electron chi connectivity index (χ2n) is 7.10. The van der Waals surface area contributed by atoms with Gasteiger partial charge in [0.1, 0.15) is 6.54 Å². The third-order valence-electron chi connectivity index (χ3n) is 4.89. The number of para-hydroxylation sites is 1. The molecule has 0 aliphatic heterocycles. The van der Waals surface area contributed by atoms with Crippen LogP contribution in [-0.4, -0.2) is 20.9 Å². The Hall–Kier alpha value is -3.12. The summed E-state index contributed by atoms with van der Waals surface area (Å²) in [7, 11) is -3.89. The average molecular weight is 423 g/mol. The van der Waals surface area contributed by atoms with Crippen LogP contribution in [-0.2, 0) is 14.8 Å². The van der Waals surface area contributed by atoms with E-state index in [1.807, 2.05) is 38.1 Å². The summed E-state index contributed by atoms with van der Waals surface area (Å²) in [5.41, 5.74) is 2.58. The number of carbonyl (C=O) groups excluding carboxylic acids is 1. The van der Waals surface area contributed by atoms with Gasteiger partial charge in [-0.3, -0.25) is 9.10 Å². The lowest BCUT2D eigenvalue weighted by Crippen LogP contribution is -2.42. The van der Waals surface area contributed by atoms with Gasteiger partial charge in [-0.15, -0.1) is 0 Å². The number of benzene rings is 3. The van der Waals surface area contributed by atoms with Gasteiger partial charge in [-0.25, -0.2) is 8.42 Å². The fraction of sp³-hybridized carbons (Fsp3) is 0.208. The Morgan fingerprint density at radius 2 is 1.47 bits per heavy atom. The monoisotopic (exact) mass is 422 g/mol. The average Bonchev–Trinajstić information content (AvgIpc) is 2.77. The van der Waals surface area contributed by atoms with Gasteiger partial charge in [-0.1, -0.05) is 73.2 Å². The molecule has 3 aromatic rings. The predicted octanol–water partition coefficient (Wildman–Crippen LogP) is 4.46. The van der Waals surface area contributed by atoms with Crippen LogP contribution in [0, 0.1) is 6.92 Å². The molecule has 0 saturated carbocycles. The Kier molecular flexibility index (Phi) is 6.90. The van der Waals surface area contributed by atoms with E-state index in [0.717, 1.165) is 15.4 Å². The number of hydrogen-bond donors (Lipinski definition) is 1. The molecule has 0 fully saturated rings. The van der Waals surface area contributed by atoms with E-state index in [1.54, 1.807) is 48.5 Å². The summed E-state index contributed by atoms with van der Waals surface area (Å²) in [5, 5.41) is 2.98. The van der Waals surface area contributed by atoms with Crippen molar-refractivity contribution in [3.8, 4) is 0 Å². The summed E-state index contributed by atoms with van der Waals surface area (Å²) in [4.78, 5) is 13.0. The van der Waals surface area contributed by atoms with E-state index in [1.165, 1.54) is 12.1 Å². The molecular weight excluding hydrogens is 396 g/mol. The van der Waals surface area contributed by atoms with Crippen LogP contribution >= 0.6 is 0 Å². The Balaban J connectivity index is 1.86. The van der Waals surface area contributed by atoms with E-state index < -0.39 is 10.0 Å². The molecule has 0 radical (unpaired) electrons. The van der Waals surface area contributed by atoms with Crippen molar-refractivity contribution in [2.24, 2.45) is 0 Å². The first-order chi connectivity index (χ1) is 14.4. The molecule has 0 aromatic heterocycles. The third-order valence-corrected chi connectivity index (χ3v) is 6.67. The van der Waals surface area contributed by atoms with Crippen LogP contribution in [0.5, 0.6) is 0 Å². The first-order valence-corrected chi connectivity index (χ1v) is 11.3. The molecule has 0 saturated heterocycles. The molecule has 156 valence electrons. The molecule has 1 N–H and O–H groups in total. The van der Waals surface area contributed by atoms with Crippen LogP contribution < -0.4 is 9.62 Å². The number of nitrogens with one attached hydrogen (secondary N) is 1. The minimum Gasteiger partial charge on any atom is -0.348 e. The Morgan fingerprint density at radius 3 is 2.03 bits per heavy atom. The number of amides is 1. The summed E-state index contributed by atoms with van der Waals surface area (Å²) in [6.45, 7) is 3.69. The second-order valence-corrected chi connectivity index (χ2v) is 8.96. The SMILES string of the molecule is CC[C@H](NC(=O)CN(c1ccccc1)S(=O)(=O)c1ccccc1)c1ccc(C)cc1. The third kappa shape index (κ3) is 5.07. The number of nitrogens with zero attached hydrogens (tertiary/aromatic N) is 1. The lowest BCUT2D eigenvalue weighted by molar-refractivity contribution is -0.120. The lowest BCUT2D eigenvalue weighted by Gasteiger charge is -2.25. The van der Waals surface area contributed by atoms with Crippen LogP contribution in [0.2, 0.25) is 0 Å². The minimum atomic E-state index is -3.89. The van der Waals surface area contributed by atoms with Crippen molar-refractivity contribution in [3.05, 3.63) is 96.1 Å². The van der Waals surface area contributed by atoms with Crippen molar-refractivity contribution in [3.63, 3.8) is 0 Å². The molecule has 0 bridgehead atoms. The number of carbonyl (C=O) groups is 1. The summed E-state index contributed by atoms with van der Waals surface area (Å²) in [6.07, 6.45) is 0.700. The minimum absolute atomic E-state index is 0.146. The molecule has 5 nitrogen and oxygen atoms in total. The highest BCUT2D eigenvalue weighted by Gasteiger charge is 2.27. The maximum Gasteiger partial charge on any atom is 0.264 e. The van der Waals surface area contributed by atoms with Gasteiger partial charge in [0.25, 0.3) is 10.0 Å². The predicted molar refractivity (Wildman–Crippen MR) is 120 cm³/mol. The van der Waals surface area contributed by atoms with Crippen molar-refractivity contribution < 1.29 is 13.2 Å². The number of aryl methyl sites for hydroxylation is 1. The van der Waals surface area contributed by atoms with Gasteiger partial charge in [-0.2, -0.15) is 0 Å². The van der Waals surface area contributed by atoms with Gasteiger partial charge >= 0.3 is 0 Å². The number of hydrogen-bond acceptors (Lipinski definition) is 3. The van der Waals surface area contributed by atoms with Crippen molar-refractivity contribution >= 4 is 21.6 Å². The molecule has 0 heterocycles. The van der Waals surface area contributed by atoms with E-state index >= 15 is 0 Å². The van der Waals surface area contributed by atoms with Gasteiger partial charge in [-0.05, 0) is 43.2 Å². The van der Waals surface area contributed by atoms with Gasteiger partial charge < -0.3 is 5.32 Å². The molecule has 0 aliphatic rings. The van der Waals surface area contributed by atoms with E-state index in [9.17, 15) is 13.2 Å². The Morgan fingerprint density at radius 1 is 0.900 bits per heavy atom. The van der Waals surface area contributed by atoms with Crippen molar-refractivity contribution in [1.29, 1.82) is 0 Å². The topological polar surface area (TPSA) is 66.5 Å². The first-order valence-electron chi connectivity index (χ1n) is 9.90. The fourth-order valence-electron chi connectivity index (χ4n) is 3.22. The molecule has 0 spiro atoms. The largest absolute Gasteiger partial charge is 0.348 e. The smallest absolute Gasteiger partial charge is 0.264 e. The number of sulfonamides is 1. The van der Waals surface area contributed by atoms with Crippen molar-refractivity contribution in [2.75, 3.05) is 10.8 Å². The van der Waals surface area contributed by atoms with Gasteiger partial charge in [0.05, 0.1) is 16.6 Å². The molecule has 3 rings (SSSR count). The maximum absolute atomic E-state index is 13.3. The molecule has 0 unspecified atom stereocenters. The van der Waals surface area contributed by atoms with E-state index in [2.05, 4.69) is 5.32 Å². The van der Waals surface area contributed by atoms with Crippen LogP contribution in [0.25, 0.3) is 0 Å². The quantitative estimate of drug-likeness (QED) is 0.583. The Bertz CT molecular complexity index is 1070. The summed E-state index contributed by atoms with van der Waals surface area (Å²) in [6, 6.07) is 24.6. The highest BCUT2D eigenvalue weighted by Crippen LogP contribution is 2.24. The van der Waals surface area contributed by atoms with Crippen LogP contribution in [0.3, 0.4) is 0 Å². The first kappa shape index (κ1) is 21.6. The Labute approximate surface area is 178 Å². The van der Waals surface area contributed by atoms with Gasteiger partial charge in [0.2, 0.25) is 5.91 Å². The van der Waals surface area contributed by atoms with Crippen molar-refractivity contribution in [1.82, 2.24) is 5.32 Å². The van der Waals surface area contributed by atoms with Crippen LogP contribution in [0.4, 0.5) is 5.69 Å². The molecule has 1 amide bonds. The lowest BCUT2D eigenvalue weighted by atomic mass is 10.0. The molecule has 6 heteroatoms. The normalized spacial score (nSPS) is 12.2. The number of anilines is 1. The van der Waals surface area contributed by atoms with E-state index in [0.29, 0.717) is 12.1 Å². The zero-order chi connectivity index (χ0) is 21.6. The summed E-state index contributed by atoms with van der Waals surface area (Å²) in [5.74, 6) is -0.356. The zero-order valence-corrected chi connectivity index (χ0v) is 18.0. The van der Waals surface area contributed by atoms with Gasteiger partial charge in [0.15, 0.2) is 0 Å². The molecule has 1 atom stereocenters.